The quantitative estimate of drug-likeness (QED) is 0.884. The molecule has 0 saturated heterocycles. The maximum atomic E-state index is 11.0. The molecule has 0 bridgehead atoms. The van der Waals surface area contributed by atoms with Crippen LogP contribution in [0.1, 0.15) is 60.5 Å². The number of carbonyl (C=O) groups is 1. The molecule has 1 N–H and O–H groups in total. The van der Waals surface area contributed by atoms with Crippen LogP contribution < -0.4 is 4.74 Å². The van der Waals surface area contributed by atoms with Crippen molar-refractivity contribution >= 4 is 5.97 Å². The summed E-state index contributed by atoms with van der Waals surface area (Å²) in [4.78, 5) is 15.2. The number of carboxylic acids is 1. The number of aromatic nitrogens is 1. The molecular formula is C15H19NO3. The number of nitrogens with zero attached hydrogens (tertiary/aromatic N) is 1. The van der Waals surface area contributed by atoms with Gasteiger partial charge in [0, 0.05) is 5.56 Å². The highest BCUT2D eigenvalue weighted by Crippen LogP contribution is 2.39. The maximum Gasteiger partial charge on any atom is 0.354 e. The van der Waals surface area contributed by atoms with Crippen LogP contribution in [0.5, 0.6) is 5.88 Å². The molecule has 2 saturated carbocycles. The van der Waals surface area contributed by atoms with Crippen molar-refractivity contribution in [3.05, 3.63) is 23.4 Å². The zero-order valence-corrected chi connectivity index (χ0v) is 11.0. The van der Waals surface area contributed by atoms with Crippen LogP contribution in [0.2, 0.25) is 0 Å². The number of hydrogen-bond acceptors (Lipinski definition) is 3. The summed E-state index contributed by atoms with van der Waals surface area (Å²) >= 11 is 0. The van der Waals surface area contributed by atoms with Crippen molar-refractivity contribution in [2.75, 3.05) is 6.61 Å². The molecule has 0 aromatic carbocycles. The van der Waals surface area contributed by atoms with Crippen molar-refractivity contribution in [2.45, 2.75) is 44.4 Å². The van der Waals surface area contributed by atoms with E-state index in [9.17, 15) is 4.79 Å². The second kappa shape index (κ2) is 5.19. The van der Waals surface area contributed by atoms with E-state index < -0.39 is 5.97 Å². The van der Waals surface area contributed by atoms with Crippen LogP contribution in [-0.4, -0.2) is 22.7 Å². The van der Waals surface area contributed by atoms with Crippen LogP contribution in [0, 0.1) is 5.92 Å². The fraction of sp³-hybridized carbons (Fsp3) is 0.600. The van der Waals surface area contributed by atoms with Gasteiger partial charge in [0.15, 0.2) is 5.69 Å². The monoisotopic (exact) mass is 261 g/mol. The summed E-state index contributed by atoms with van der Waals surface area (Å²) in [5.41, 5.74) is 1.18. The van der Waals surface area contributed by atoms with Gasteiger partial charge < -0.3 is 9.84 Å². The van der Waals surface area contributed by atoms with Gasteiger partial charge in [-0.05, 0) is 43.6 Å². The third-order valence-electron chi connectivity index (χ3n) is 4.06. The molecule has 19 heavy (non-hydrogen) atoms. The van der Waals surface area contributed by atoms with Crippen molar-refractivity contribution in [1.29, 1.82) is 0 Å². The van der Waals surface area contributed by atoms with Crippen LogP contribution >= 0.6 is 0 Å². The highest BCUT2D eigenvalue weighted by Gasteiger charge is 2.26. The minimum atomic E-state index is -0.991. The van der Waals surface area contributed by atoms with Crippen molar-refractivity contribution < 1.29 is 14.6 Å². The summed E-state index contributed by atoms with van der Waals surface area (Å²) in [5.74, 6) is 0.698. The van der Waals surface area contributed by atoms with Gasteiger partial charge in [-0.2, -0.15) is 0 Å². The third kappa shape index (κ3) is 2.88. The van der Waals surface area contributed by atoms with E-state index in [2.05, 4.69) is 4.98 Å². The topological polar surface area (TPSA) is 59.4 Å². The first kappa shape index (κ1) is 12.5. The molecule has 2 fully saturated rings. The summed E-state index contributed by atoms with van der Waals surface area (Å²) in [5, 5.41) is 9.04. The predicted octanol–water partition coefficient (Wildman–Crippen LogP) is 3.23. The van der Waals surface area contributed by atoms with Crippen molar-refractivity contribution in [3.8, 4) is 5.88 Å². The second-order valence-electron chi connectivity index (χ2n) is 5.63. The van der Waals surface area contributed by atoms with E-state index in [4.69, 9.17) is 9.84 Å². The average molecular weight is 261 g/mol. The van der Waals surface area contributed by atoms with Gasteiger partial charge in [-0.3, -0.25) is 0 Å². The second-order valence-corrected chi connectivity index (χ2v) is 5.63. The molecule has 0 unspecified atom stereocenters. The molecule has 1 heterocycles. The van der Waals surface area contributed by atoms with Crippen LogP contribution in [0.25, 0.3) is 0 Å². The van der Waals surface area contributed by atoms with Gasteiger partial charge in [0.25, 0.3) is 0 Å². The first-order valence-corrected chi connectivity index (χ1v) is 7.11. The molecule has 4 nitrogen and oxygen atoms in total. The van der Waals surface area contributed by atoms with Crippen molar-refractivity contribution in [1.82, 2.24) is 4.98 Å². The van der Waals surface area contributed by atoms with E-state index in [1.54, 1.807) is 6.07 Å². The molecule has 1 aromatic heterocycles. The van der Waals surface area contributed by atoms with E-state index >= 15 is 0 Å². The smallest absolute Gasteiger partial charge is 0.354 e. The van der Waals surface area contributed by atoms with E-state index in [-0.39, 0.29) is 5.69 Å². The number of pyridine rings is 1. The Kier molecular flexibility index (Phi) is 3.40. The van der Waals surface area contributed by atoms with Gasteiger partial charge in [0.1, 0.15) is 0 Å². The highest BCUT2D eigenvalue weighted by molar-refractivity contribution is 5.85. The standard InChI is InChI=1S/C15H19NO3/c17-15(18)13-8-7-12(11-3-1-2-4-11)14(16-13)19-9-10-5-6-10/h7-8,10-11H,1-6,9H2,(H,17,18). The summed E-state index contributed by atoms with van der Waals surface area (Å²) in [6, 6.07) is 3.49. The van der Waals surface area contributed by atoms with Gasteiger partial charge in [0.2, 0.25) is 5.88 Å². The molecule has 102 valence electrons. The maximum absolute atomic E-state index is 11.0. The zero-order chi connectivity index (χ0) is 13.2. The molecule has 0 spiro atoms. The summed E-state index contributed by atoms with van der Waals surface area (Å²) in [6.45, 7) is 0.676. The molecule has 1 aromatic rings. The van der Waals surface area contributed by atoms with Crippen LogP contribution in [0.15, 0.2) is 12.1 Å². The third-order valence-corrected chi connectivity index (χ3v) is 4.06. The fourth-order valence-electron chi connectivity index (χ4n) is 2.71. The summed E-state index contributed by atoms with van der Waals surface area (Å²) in [6.07, 6.45) is 7.25. The fourth-order valence-corrected chi connectivity index (χ4v) is 2.71. The Morgan fingerprint density at radius 1 is 1.26 bits per heavy atom. The number of rotatable bonds is 5. The molecule has 3 rings (SSSR count). The van der Waals surface area contributed by atoms with E-state index in [0.717, 1.165) is 18.4 Å². The Labute approximate surface area is 112 Å². The molecule has 0 radical (unpaired) electrons. The van der Waals surface area contributed by atoms with Crippen molar-refractivity contribution in [2.24, 2.45) is 5.92 Å². The number of carboxylic acid groups (broad SMARTS) is 1. The lowest BCUT2D eigenvalue weighted by atomic mass is 9.98. The van der Waals surface area contributed by atoms with E-state index in [0.29, 0.717) is 24.3 Å². The molecule has 0 amide bonds. The molecule has 2 aliphatic carbocycles. The largest absolute Gasteiger partial charge is 0.477 e. The van der Waals surface area contributed by atoms with Gasteiger partial charge in [-0.15, -0.1) is 0 Å². The Bertz CT molecular complexity index is 476. The first-order valence-electron chi connectivity index (χ1n) is 7.11. The number of ether oxygens (including phenoxy) is 1. The van der Waals surface area contributed by atoms with Crippen LogP contribution in [0.3, 0.4) is 0 Å². The van der Waals surface area contributed by atoms with Crippen LogP contribution in [-0.2, 0) is 0 Å². The lowest BCUT2D eigenvalue weighted by molar-refractivity contribution is 0.0689. The Morgan fingerprint density at radius 3 is 2.63 bits per heavy atom. The lowest BCUT2D eigenvalue weighted by Crippen LogP contribution is -2.09. The molecule has 2 aliphatic rings. The average Bonchev–Trinajstić information content (AvgIpc) is 3.08. The first-order chi connectivity index (χ1) is 9.24. The Morgan fingerprint density at radius 2 is 2.00 bits per heavy atom. The zero-order valence-electron chi connectivity index (χ0n) is 11.0. The normalized spacial score (nSPS) is 19.6. The number of hydrogen-bond donors (Lipinski definition) is 1. The lowest BCUT2D eigenvalue weighted by Gasteiger charge is -2.15. The molecule has 0 atom stereocenters. The predicted molar refractivity (Wildman–Crippen MR) is 70.6 cm³/mol. The minimum Gasteiger partial charge on any atom is -0.477 e. The van der Waals surface area contributed by atoms with E-state index in [1.807, 2.05) is 6.07 Å². The van der Waals surface area contributed by atoms with E-state index in [1.165, 1.54) is 25.7 Å². The van der Waals surface area contributed by atoms with Gasteiger partial charge in [0.05, 0.1) is 6.61 Å². The SMILES string of the molecule is O=C(O)c1ccc(C2CCCC2)c(OCC2CC2)n1. The summed E-state index contributed by atoms with van der Waals surface area (Å²) in [7, 11) is 0. The van der Waals surface area contributed by atoms with Crippen molar-refractivity contribution in [3.63, 3.8) is 0 Å². The molecule has 0 aliphatic heterocycles. The summed E-state index contributed by atoms with van der Waals surface area (Å²) < 4.78 is 5.79. The molecule has 4 heteroatoms. The highest BCUT2D eigenvalue weighted by atomic mass is 16.5. The van der Waals surface area contributed by atoms with Gasteiger partial charge in [-0.25, -0.2) is 9.78 Å². The van der Waals surface area contributed by atoms with Gasteiger partial charge >= 0.3 is 5.97 Å². The molecular weight excluding hydrogens is 242 g/mol. The Balaban J connectivity index is 1.84. The van der Waals surface area contributed by atoms with Gasteiger partial charge in [-0.1, -0.05) is 18.9 Å². The van der Waals surface area contributed by atoms with Crippen LogP contribution in [0.4, 0.5) is 0 Å². The Hall–Kier alpha value is -1.58. The minimum absolute atomic E-state index is 0.0764. The number of aromatic carboxylic acids is 1.